The molecule has 25 heavy (non-hydrogen) atoms. The van der Waals surface area contributed by atoms with Gasteiger partial charge in [0.15, 0.2) is 0 Å². The van der Waals surface area contributed by atoms with Crippen LogP contribution in [0.25, 0.3) is 0 Å². The molecule has 2 aromatic rings. The van der Waals surface area contributed by atoms with E-state index in [1.54, 1.807) is 18.2 Å². The van der Waals surface area contributed by atoms with Gasteiger partial charge >= 0.3 is 0 Å². The highest BCUT2D eigenvalue weighted by atomic mass is 19.1. The number of hydrogen-bond acceptors (Lipinski definition) is 4. The first-order valence-corrected chi connectivity index (χ1v) is 8.82. The van der Waals surface area contributed by atoms with Gasteiger partial charge in [-0.15, -0.1) is 0 Å². The number of nitrogens with zero attached hydrogens (tertiary/aromatic N) is 4. The second-order valence-corrected chi connectivity index (χ2v) is 6.89. The van der Waals surface area contributed by atoms with Gasteiger partial charge in [-0.3, -0.25) is 14.5 Å². The van der Waals surface area contributed by atoms with Crippen LogP contribution in [0.2, 0.25) is 0 Å². The van der Waals surface area contributed by atoms with Crippen molar-refractivity contribution < 1.29 is 9.50 Å². The molecule has 0 amide bonds. The van der Waals surface area contributed by atoms with Crippen molar-refractivity contribution in [1.29, 1.82) is 0 Å². The molecule has 1 aromatic carbocycles. The van der Waals surface area contributed by atoms with Crippen LogP contribution in [-0.2, 0) is 13.6 Å². The van der Waals surface area contributed by atoms with E-state index in [1.165, 1.54) is 17.3 Å². The average molecular weight is 346 g/mol. The van der Waals surface area contributed by atoms with E-state index in [0.717, 1.165) is 38.4 Å². The van der Waals surface area contributed by atoms with E-state index in [2.05, 4.69) is 28.7 Å². The predicted octanol–water partition coefficient (Wildman–Crippen LogP) is 2.03. The molecule has 3 rings (SSSR count). The Morgan fingerprint density at radius 2 is 1.76 bits per heavy atom. The first-order valence-electron chi connectivity index (χ1n) is 8.82. The number of benzene rings is 1. The van der Waals surface area contributed by atoms with E-state index >= 15 is 0 Å². The third kappa shape index (κ3) is 4.08. The van der Waals surface area contributed by atoms with Crippen LogP contribution >= 0.6 is 0 Å². The lowest BCUT2D eigenvalue weighted by Crippen LogP contribution is -2.47. The van der Waals surface area contributed by atoms with Crippen molar-refractivity contribution >= 4 is 0 Å². The second-order valence-electron chi connectivity index (χ2n) is 6.89. The third-order valence-corrected chi connectivity index (χ3v) is 5.20. The second kappa shape index (κ2) is 7.64. The fourth-order valence-electron chi connectivity index (χ4n) is 3.49. The Bertz CT molecular complexity index is 722. The number of hydrogen-bond donors (Lipinski definition) is 1. The average Bonchev–Trinajstić information content (AvgIpc) is 2.83. The number of rotatable bonds is 5. The Hall–Kier alpha value is -1.76. The van der Waals surface area contributed by atoms with Crippen molar-refractivity contribution in [2.75, 3.05) is 32.7 Å². The lowest BCUT2D eigenvalue weighted by Gasteiger charge is -2.35. The molecule has 1 aliphatic rings. The fourth-order valence-corrected chi connectivity index (χ4v) is 3.49. The van der Waals surface area contributed by atoms with Crippen molar-refractivity contribution in [3.63, 3.8) is 0 Å². The van der Waals surface area contributed by atoms with E-state index in [-0.39, 0.29) is 5.82 Å². The largest absolute Gasteiger partial charge is 0.387 e. The molecule has 136 valence electrons. The Kier molecular flexibility index (Phi) is 5.51. The van der Waals surface area contributed by atoms with E-state index in [4.69, 9.17) is 0 Å². The molecule has 0 unspecified atom stereocenters. The summed E-state index contributed by atoms with van der Waals surface area (Å²) in [6, 6.07) is 6.46. The van der Waals surface area contributed by atoms with Crippen LogP contribution in [0, 0.1) is 19.7 Å². The summed E-state index contributed by atoms with van der Waals surface area (Å²) in [6.45, 7) is 9.19. The third-order valence-electron chi connectivity index (χ3n) is 5.20. The molecule has 1 N–H and O–H groups in total. The molecule has 1 atom stereocenters. The molecule has 0 aliphatic carbocycles. The molecular weight excluding hydrogens is 319 g/mol. The number of aromatic nitrogens is 2. The smallest absolute Gasteiger partial charge is 0.129 e. The van der Waals surface area contributed by atoms with Gasteiger partial charge in [0.25, 0.3) is 0 Å². The van der Waals surface area contributed by atoms with E-state index in [0.29, 0.717) is 12.1 Å². The molecule has 0 radical (unpaired) electrons. The highest BCUT2D eigenvalue weighted by Gasteiger charge is 2.22. The minimum Gasteiger partial charge on any atom is -0.387 e. The van der Waals surface area contributed by atoms with Gasteiger partial charge in [-0.1, -0.05) is 18.2 Å². The first-order chi connectivity index (χ1) is 12.0. The number of aliphatic hydroxyl groups is 1. The molecule has 1 saturated heterocycles. The van der Waals surface area contributed by atoms with Crippen molar-refractivity contribution in [3.8, 4) is 0 Å². The molecule has 0 bridgehead atoms. The fraction of sp³-hybridized carbons (Fsp3) is 0.526. The van der Waals surface area contributed by atoms with Crippen LogP contribution in [0.3, 0.4) is 0 Å². The van der Waals surface area contributed by atoms with Crippen LogP contribution in [-0.4, -0.2) is 57.4 Å². The summed E-state index contributed by atoms with van der Waals surface area (Å²) < 4.78 is 15.7. The molecule has 1 aromatic heterocycles. The van der Waals surface area contributed by atoms with Crippen molar-refractivity contribution in [3.05, 3.63) is 52.6 Å². The monoisotopic (exact) mass is 346 g/mol. The van der Waals surface area contributed by atoms with Crippen molar-refractivity contribution in [2.24, 2.45) is 7.05 Å². The Morgan fingerprint density at radius 3 is 2.36 bits per heavy atom. The number of aryl methyl sites for hydroxylation is 2. The van der Waals surface area contributed by atoms with Gasteiger partial charge in [0.05, 0.1) is 11.8 Å². The maximum Gasteiger partial charge on any atom is 0.129 e. The Balaban J connectivity index is 1.53. The molecule has 2 heterocycles. The van der Waals surface area contributed by atoms with Crippen LogP contribution in [0.4, 0.5) is 4.39 Å². The van der Waals surface area contributed by atoms with E-state index in [1.807, 2.05) is 11.7 Å². The molecule has 1 aliphatic heterocycles. The number of β-amino-alcohol motifs (C(OH)–C–C–N with tert-alkyl or cyclic N) is 1. The van der Waals surface area contributed by atoms with Crippen LogP contribution in [0.1, 0.15) is 28.6 Å². The highest BCUT2D eigenvalue weighted by Crippen LogP contribution is 2.20. The van der Waals surface area contributed by atoms with Gasteiger partial charge in [-0.25, -0.2) is 4.39 Å². The lowest BCUT2D eigenvalue weighted by atomic mass is 10.1. The maximum absolute atomic E-state index is 13.8. The van der Waals surface area contributed by atoms with E-state index < -0.39 is 6.10 Å². The molecule has 5 nitrogen and oxygen atoms in total. The maximum atomic E-state index is 13.8. The quantitative estimate of drug-likeness (QED) is 0.900. The summed E-state index contributed by atoms with van der Waals surface area (Å²) >= 11 is 0. The normalized spacial score (nSPS) is 17.8. The Labute approximate surface area is 148 Å². The van der Waals surface area contributed by atoms with Crippen molar-refractivity contribution in [1.82, 2.24) is 19.6 Å². The zero-order valence-corrected chi connectivity index (χ0v) is 15.2. The van der Waals surface area contributed by atoms with Gasteiger partial charge in [-0.2, -0.15) is 5.10 Å². The lowest BCUT2D eigenvalue weighted by molar-refractivity contribution is 0.0684. The summed E-state index contributed by atoms with van der Waals surface area (Å²) in [5, 5.41) is 14.8. The minimum atomic E-state index is -0.782. The summed E-state index contributed by atoms with van der Waals surface area (Å²) in [5.41, 5.74) is 4.00. The Morgan fingerprint density at radius 1 is 1.12 bits per heavy atom. The highest BCUT2D eigenvalue weighted by molar-refractivity contribution is 5.24. The number of aliphatic hydroxyl groups excluding tert-OH is 1. The van der Waals surface area contributed by atoms with Crippen molar-refractivity contribution in [2.45, 2.75) is 26.5 Å². The standard InChI is InChI=1S/C19H27FN4O/c1-14-17(15(2)22(3)21-14)12-23-8-10-24(11-9-23)13-19(25)16-6-4-5-7-18(16)20/h4-7,19,25H,8-13H2,1-3H3/t19-/m0/s1. The van der Waals surface area contributed by atoms with Gasteiger partial charge in [0, 0.05) is 63.1 Å². The summed E-state index contributed by atoms with van der Waals surface area (Å²) in [6.07, 6.45) is -0.782. The van der Waals surface area contributed by atoms with Gasteiger partial charge in [0.1, 0.15) is 5.82 Å². The molecule has 6 heteroatoms. The molecular formula is C19H27FN4O. The summed E-state index contributed by atoms with van der Waals surface area (Å²) in [5.74, 6) is -0.337. The van der Waals surface area contributed by atoms with Gasteiger partial charge < -0.3 is 5.11 Å². The van der Waals surface area contributed by atoms with Crippen LogP contribution in [0.15, 0.2) is 24.3 Å². The molecule has 0 spiro atoms. The molecule has 0 saturated carbocycles. The summed E-state index contributed by atoms with van der Waals surface area (Å²) in [4.78, 5) is 4.62. The number of piperazine rings is 1. The van der Waals surface area contributed by atoms with Crippen LogP contribution < -0.4 is 0 Å². The predicted molar refractivity (Wildman–Crippen MR) is 95.8 cm³/mol. The number of halogens is 1. The minimum absolute atomic E-state index is 0.337. The summed E-state index contributed by atoms with van der Waals surface area (Å²) in [7, 11) is 1.98. The first kappa shape index (κ1) is 18.0. The topological polar surface area (TPSA) is 44.5 Å². The zero-order valence-electron chi connectivity index (χ0n) is 15.2. The van der Waals surface area contributed by atoms with Gasteiger partial charge in [0.2, 0.25) is 0 Å². The van der Waals surface area contributed by atoms with Gasteiger partial charge in [-0.05, 0) is 19.9 Å². The van der Waals surface area contributed by atoms with E-state index in [9.17, 15) is 9.50 Å². The van der Waals surface area contributed by atoms with Crippen LogP contribution in [0.5, 0.6) is 0 Å². The SMILES string of the molecule is Cc1nn(C)c(C)c1CN1CCN(C[C@H](O)c2ccccc2F)CC1. The zero-order chi connectivity index (χ0) is 18.0. The molecule has 1 fully saturated rings.